The highest BCUT2D eigenvalue weighted by Gasteiger charge is 2.30. The van der Waals surface area contributed by atoms with Crippen LogP contribution in [0.1, 0.15) is 52.8 Å². The zero-order chi connectivity index (χ0) is 38.2. The molecule has 4 heterocycles. The lowest BCUT2D eigenvalue weighted by atomic mass is 10.2. The number of hydrogen-bond acceptors (Lipinski definition) is 12. The largest absolute Gasteiger partial charge is 0.405 e. The lowest BCUT2D eigenvalue weighted by molar-refractivity contribution is 0.0678. The van der Waals surface area contributed by atoms with Crippen LogP contribution in [0.5, 0.6) is 0 Å². The molecule has 2 aromatic carbocycles. The number of thiocarbonyl (C=S) groups is 2. The molecule has 0 unspecified atom stereocenters. The van der Waals surface area contributed by atoms with Gasteiger partial charge in [-0.05, 0) is 35.4 Å². The van der Waals surface area contributed by atoms with E-state index in [1.165, 1.54) is 57.6 Å². The van der Waals surface area contributed by atoms with E-state index in [0.29, 0.717) is 33.2 Å². The lowest BCUT2D eigenvalue weighted by Gasteiger charge is -2.18. The van der Waals surface area contributed by atoms with E-state index >= 15 is 0 Å². The van der Waals surface area contributed by atoms with Crippen molar-refractivity contribution in [2.45, 2.75) is 13.2 Å². The first-order chi connectivity index (χ1) is 26.1. The summed E-state index contributed by atoms with van der Waals surface area (Å²) in [5.74, 6) is -1.41. The van der Waals surface area contributed by atoms with E-state index < -0.39 is 34.7 Å². The molecule has 2 aliphatic rings. The van der Waals surface area contributed by atoms with Gasteiger partial charge in [0.25, 0.3) is 34.7 Å². The first-order valence-corrected chi connectivity index (χ1v) is 19.3. The fourth-order valence-electron chi connectivity index (χ4n) is 5.36. The van der Waals surface area contributed by atoms with Crippen LogP contribution in [0.25, 0.3) is 0 Å². The third-order valence-electron chi connectivity index (χ3n) is 8.12. The highest BCUT2D eigenvalue weighted by atomic mass is 32.2. The molecule has 2 saturated heterocycles. The fourth-order valence-corrected chi connectivity index (χ4v) is 7.77. The minimum absolute atomic E-state index is 0.0746. The number of aromatic nitrogens is 2. The standard InChI is InChI=1S/C36H32N6O8S4/c43-29(27-13-11-25(31(45)39-17-19-53-35(39)51)33(47)41(27)49-21-23-7-3-1-4-8-23)37-15-16-38-30(44)28-14-12-26(32(46)40-18-20-54-36(40)52)34(48)42(28)50-22-24-9-5-2-6-10-24/h1-14H,15-22H2,(H,37,43)(H,38,44). The number of hydrogen-bond donors (Lipinski definition) is 2. The van der Waals surface area contributed by atoms with E-state index in [1.807, 2.05) is 12.1 Å². The van der Waals surface area contributed by atoms with Gasteiger partial charge < -0.3 is 20.3 Å². The topological polar surface area (TPSA) is 161 Å². The second-order valence-electron chi connectivity index (χ2n) is 11.6. The summed E-state index contributed by atoms with van der Waals surface area (Å²) in [4.78, 5) is 94.6. The highest BCUT2D eigenvalue weighted by molar-refractivity contribution is 8.23. The average Bonchev–Trinajstić information content (AvgIpc) is 3.82. The van der Waals surface area contributed by atoms with Gasteiger partial charge in [-0.3, -0.25) is 38.6 Å². The molecule has 4 amide bonds. The molecule has 0 saturated carbocycles. The zero-order valence-corrected chi connectivity index (χ0v) is 31.7. The summed E-state index contributed by atoms with van der Waals surface area (Å²) in [5, 5.41) is 5.28. The van der Waals surface area contributed by atoms with Crippen LogP contribution in [0.4, 0.5) is 0 Å². The van der Waals surface area contributed by atoms with Crippen molar-refractivity contribution in [1.82, 2.24) is 29.9 Å². The van der Waals surface area contributed by atoms with Crippen LogP contribution in [0.15, 0.2) is 94.5 Å². The summed E-state index contributed by atoms with van der Waals surface area (Å²) < 4.78 is 2.27. The van der Waals surface area contributed by atoms with Crippen molar-refractivity contribution in [2.24, 2.45) is 0 Å². The SMILES string of the molecule is O=C(NCCNC(=O)c1ccc(C(=O)N2CCSC2=S)c(=O)n1OCc1ccccc1)c1ccc(C(=O)N2CCSC2=S)c(=O)n1OCc1ccccc1. The molecular formula is C36H32N6O8S4. The Kier molecular flexibility index (Phi) is 12.6. The van der Waals surface area contributed by atoms with Gasteiger partial charge in [-0.25, -0.2) is 0 Å². The summed E-state index contributed by atoms with van der Waals surface area (Å²) >= 11 is 13.2. The minimum Gasteiger partial charge on any atom is -0.405 e. The second kappa shape index (κ2) is 17.7. The van der Waals surface area contributed by atoms with Crippen LogP contribution in [0.3, 0.4) is 0 Å². The van der Waals surface area contributed by atoms with Gasteiger partial charge in [0.2, 0.25) is 0 Å². The van der Waals surface area contributed by atoms with Crippen LogP contribution in [0, 0.1) is 0 Å². The van der Waals surface area contributed by atoms with Gasteiger partial charge in [0.05, 0.1) is 0 Å². The Hall–Kier alpha value is -5.30. The molecule has 0 atom stereocenters. The van der Waals surface area contributed by atoms with E-state index in [1.54, 1.807) is 48.5 Å². The first kappa shape index (κ1) is 38.4. The molecule has 2 N–H and O–H groups in total. The number of carbonyl (C=O) groups excluding carboxylic acids is 4. The molecule has 2 aromatic heterocycles. The molecule has 14 nitrogen and oxygen atoms in total. The monoisotopic (exact) mass is 804 g/mol. The van der Waals surface area contributed by atoms with E-state index in [4.69, 9.17) is 34.1 Å². The van der Waals surface area contributed by atoms with Gasteiger partial charge in [0, 0.05) is 37.7 Å². The molecule has 2 fully saturated rings. The van der Waals surface area contributed by atoms with Crippen LogP contribution < -0.4 is 31.4 Å². The van der Waals surface area contributed by atoms with E-state index in [0.717, 1.165) is 20.6 Å². The highest BCUT2D eigenvalue weighted by Crippen LogP contribution is 2.21. The molecule has 0 spiro atoms. The zero-order valence-electron chi connectivity index (χ0n) is 28.4. The Labute approximate surface area is 327 Å². The first-order valence-electron chi connectivity index (χ1n) is 16.5. The molecule has 54 heavy (non-hydrogen) atoms. The van der Waals surface area contributed by atoms with Crippen molar-refractivity contribution >= 4 is 80.2 Å². The number of pyridine rings is 2. The number of benzene rings is 2. The fraction of sp³-hybridized carbons (Fsp3) is 0.222. The average molecular weight is 805 g/mol. The number of rotatable bonds is 13. The maximum Gasteiger partial charge on any atom is 0.296 e. The lowest BCUT2D eigenvalue weighted by Crippen LogP contribution is -2.43. The number of nitrogens with one attached hydrogen (secondary N) is 2. The van der Waals surface area contributed by atoms with E-state index in [2.05, 4.69) is 10.6 Å². The number of carbonyl (C=O) groups is 4. The Morgan fingerprint density at radius 3 is 1.33 bits per heavy atom. The van der Waals surface area contributed by atoms with Crippen molar-refractivity contribution in [1.29, 1.82) is 0 Å². The van der Waals surface area contributed by atoms with Gasteiger partial charge in [-0.15, -0.1) is 9.46 Å². The third kappa shape index (κ3) is 8.73. The summed E-state index contributed by atoms with van der Waals surface area (Å²) in [6.45, 7) is 0.346. The van der Waals surface area contributed by atoms with Gasteiger partial charge in [-0.1, -0.05) is 109 Å². The van der Waals surface area contributed by atoms with Crippen LogP contribution in [0.2, 0.25) is 0 Å². The van der Waals surface area contributed by atoms with Gasteiger partial charge in [0.15, 0.2) is 0 Å². The van der Waals surface area contributed by atoms with Crippen molar-refractivity contribution < 1.29 is 28.9 Å². The smallest absolute Gasteiger partial charge is 0.296 e. The molecule has 0 radical (unpaired) electrons. The van der Waals surface area contributed by atoms with Gasteiger partial charge in [-0.2, -0.15) is 0 Å². The predicted octanol–water partition coefficient (Wildman–Crippen LogP) is 2.38. The molecule has 2 aliphatic heterocycles. The van der Waals surface area contributed by atoms with Crippen molar-refractivity contribution in [3.05, 3.63) is 139 Å². The molecule has 0 bridgehead atoms. The van der Waals surface area contributed by atoms with Gasteiger partial charge in [0.1, 0.15) is 44.4 Å². The quantitative estimate of drug-likeness (QED) is 0.150. The summed E-state index contributed by atoms with van der Waals surface area (Å²) in [7, 11) is 0. The Bertz CT molecular complexity index is 2070. The number of nitrogens with zero attached hydrogens (tertiary/aromatic N) is 4. The van der Waals surface area contributed by atoms with Crippen molar-refractivity contribution in [3.8, 4) is 0 Å². The molecule has 6 rings (SSSR count). The van der Waals surface area contributed by atoms with E-state index in [-0.39, 0.29) is 48.8 Å². The third-order valence-corrected chi connectivity index (χ3v) is 11.0. The molecule has 4 aromatic rings. The van der Waals surface area contributed by atoms with Crippen molar-refractivity contribution in [2.75, 3.05) is 37.7 Å². The summed E-state index contributed by atoms with van der Waals surface area (Å²) in [6.07, 6.45) is 0. The van der Waals surface area contributed by atoms with Gasteiger partial charge >= 0.3 is 0 Å². The summed E-state index contributed by atoms with van der Waals surface area (Å²) in [5.41, 5.74) is -1.04. The maximum atomic E-state index is 13.6. The Morgan fingerprint density at radius 2 is 0.981 bits per heavy atom. The Morgan fingerprint density at radius 1 is 0.593 bits per heavy atom. The maximum absolute atomic E-state index is 13.6. The molecular weight excluding hydrogens is 773 g/mol. The number of thioether (sulfide) groups is 2. The van der Waals surface area contributed by atoms with E-state index in [9.17, 15) is 28.8 Å². The summed E-state index contributed by atoms with van der Waals surface area (Å²) in [6, 6.07) is 23.1. The number of amides is 4. The molecule has 0 aliphatic carbocycles. The molecule has 18 heteroatoms. The van der Waals surface area contributed by atoms with Crippen molar-refractivity contribution in [3.63, 3.8) is 0 Å². The van der Waals surface area contributed by atoms with Crippen LogP contribution in [-0.2, 0) is 13.2 Å². The second-order valence-corrected chi connectivity index (χ2v) is 15.1. The predicted molar refractivity (Wildman–Crippen MR) is 212 cm³/mol. The molecule has 278 valence electrons. The Balaban J connectivity index is 1.16. The normalized spacial score (nSPS) is 13.9. The van der Waals surface area contributed by atoms with Crippen LogP contribution >= 0.6 is 48.0 Å². The van der Waals surface area contributed by atoms with Crippen LogP contribution in [-0.4, -0.2) is 89.2 Å². The minimum atomic E-state index is -0.836.